The molecule has 2 aromatic carbocycles. The van der Waals surface area contributed by atoms with Crippen molar-refractivity contribution in [3.63, 3.8) is 0 Å². The fourth-order valence-corrected chi connectivity index (χ4v) is 1.99. The third-order valence-corrected chi connectivity index (χ3v) is 3.66. The third-order valence-electron chi connectivity index (χ3n) is 2.92. The van der Waals surface area contributed by atoms with Crippen LogP contribution in [0.25, 0.3) is 0 Å². The van der Waals surface area contributed by atoms with Crippen LogP contribution in [-0.4, -0.2) is 29.1 Å². The largest absolute Gasteiger partial charge is 0.478 e. The molecule has 2 rings (SSSR count). The highest BCUT2D eigenvalue weighted by atomic mass is 35.5. The lowest BCUT2D eigenvalue weighted by molar-refractivity contribution is -0.136. The van der Waals surface area contributed by atoms with Gasteiger partial charge >= 0.3 is 17.8 Å². The second kappa shape index (κ2) is 8.27. The lowest BCUT2D eigenvalue weighted by Gasteiger charge is -2.05. The van der Waals surface area contributed by atoms with Crippen LogP contribution in [0.2, 0.25) is 10.0 Å². The van der Waals surface area contributed by atoms with E-state index in [4.69, 9.17) is 28.3 Å². The first-order valence-corrected chi connectivity index (χ1v) is 7.55. The van der Waals surface area contributed by atoms with Crippen LogP contribution in [0.3, 0.4) is 0 Å². The molecule has 7 nitrogen and oxygen atoms in total. The van der Waals surface area contributed by atoms with Gasteiger partial charge in [-0.25, -0.2) is 10.2 Å². The van der Waals surface area contributed by atoms with E-state index in [1.54, 1.807) is 0 Å². The van der Waals surface area contributed by atoms with Gasteiger partial charge in [0.05, 0.1) is 21.8 Å². The number of anilines is 1. The number of rotatable bonds is 4. The molecule has 0 aliphatic carbocycles. The second-order valence-corrected chi connectivity index (χ2v) is 5.52. The normalized spacial score (nSPS) is 10.5. The van der Waals surface area contributed by atoms with Gasteiger partial charge in [-0.15, -0.1) is 0 Å². The average Bonchev–Trinajstić information content (AvgIpc) is 2.58. The first kappa shape index (κ1) is 18.4. The Balaban J connectivity index is 1.91. The number of amides is 2. The molecule has 0 fully saturated rings. The zero-order valence-electron chi connectivity index (χ0n) is 12.5. The van der Waals surface area contributed by atoms with E-state index < -0.39 is 17.8 Å². The minimum absolute atomic E-state index is 0.127. The van der Waals surface area contributed by atoms with Crippen LogP contribution in [0, 0.1) is 0 Å². The van der Waals surface area contributed by atoms with E-state index in [1.807, 2.05) is 0 Å². The van der Waals surface area contributed by atoms with Crippen LogP contribution in [0.5, 0.6) is 0 Å². The average molecular weight is 380 g/mol. The van der Waals surface area contributed by atoms with Crippen LogP contribution >= 0.6 is 23.2 Å². The zero-order valence-corrected chi connectivity index (χ0v) is 14.0. The molecule has 0 radical (unpaired) electrons. The van der Waals surface area contributed by atoms with Gasteiger partial charge in [-0.05, 0) is 35.9 Å². The summed E-state index contributed by atoms with van der Waals surface area (Å²) in [6.45, 7) is 0. The van der Waals surface area contributed by atoms with Crippen LogP contribution in [0.4, 0.5) is 5.69 Å². The Kier molecular flexibility index (Phi) is 6.10. The summed E-state index contributed by atoms with van der Waals surface area (Å²) in [6.07, 6.45) is 1.27. The summed E-state index contributed by atoms with van der Waals surface area (Å²) in [7, 11) is 0. The Morgan fingerprint density at radius 2 is 1.64 bits per heavy atom. The predicted molar refractivity (Wildman–Crippen MR) is 94.2 cm³/mol. The summed E-state index contributed by atoms with van der Waals surface area (Å²) in [4.78, 5) is 34.1. The molecule has 0 spiro atoms. The van der Waals surface area contributed by atoms with Gasteiger partial charge in [0, 0.05) is 5.69 Å². The lowest BCUT2D eigenvalue weighted by Crippen LogP contribution is -2.32. The van der Waals surface area contributed by atoms with E-state index in [0.717, 1.165) is 0 Å². The molecule has 0 unspecified atom stereocenters. The molecule has 0 atom stereocenters. The monoisotopic (exact) mass is 379 g/mol. The van der Waals surface area contributed by atoms with E-state index in [2.05, 4.69) is 15.8 Å². The van der Waals surface area contributed by atoms with Gasteiger partial charge in [-0.3, -0.25) is 9.59 Å². The Labute approximate surface area is 152 Å². The summed E-state index contributed by atoms with van der Waals surface area (Å²) in [5, 5.41) is 15.3. The molecule has 3 N–H and O–H groups in total. The van der Waals surface area contributed by atoms with Crippen molar-refractivity contribution >= 4 is 52.9 Å². The molecule has 0 aliphatic heterocycles. The van der Waals surface area contributed by atoms with Gasteiger partial charge in [-0.2, -0.15) is 5.10 Å². The lowest BCUT2D eigenvalue weighted by atomic mass is 10.1. The molecule has 2 aromatic rings. The number of aromatic carboxylic acids is 1. The number of carbonyl (C=O) groups is 3. The maximum absolute atomic E-state index is 11.7. The van der Waals surface area contributed by atoms with E-state index in [1.165, 1.54) is 48.7 Å². The number of benzene rings is 2. The Hall–Kier alpha value is -2.90. The van der Waals surface area contributed by atoms with Crippen LogP contribution in [0.15, 0.2) is 47.6 Å². The van der Waals surface area contributed by atoms with Crippen molar-refractivity contribution in [1.82, 2.24) is 5.43 Å². The zero-order chi connectivity index (χ0) is 18.4. The highest BCUT2D eigenvalue weighted by Gasteiger charge is 2.13. The van der Waals surface area contributed by atoms with Gasteiger partial charge in [0.2, 0.25) is 0 Å². The van der Waals surface area contributed by atoms with Gasteiger partial charge < -0.3 is 10.4 Å². The number of halogens is 2. The standard InChI is InChI=1S/C16H11Cl2N3O4/c17-12-6-5-11(7-13(12)18)20-14(22)15(23)21-19-8-9-1-3-10(4-2-9)16(24)25/h1-8H,(H,20,22)(H,21,23)(H,24,25)/b19-8+. The molecule has 9 heteroatoms. The summed E-state index contributed by atoms with van der Waals surface area (Å²) < 4.78 is 0. The molecule has 0 heterocycles. The number of hydrazone groups is 1. The molecule has 0 aliphatic rings. The Morgan fingerprint density at radius 3 is 2.24 bits per heavy atom. The third kappa shape index (κ3) is 5.30. The molecule has 25 heavy (non-hydrogen) atoms. The first-order chi connectivity index (χ1) is 11.9. The molecular formula is C16H11Cl2N3O4. The number of hydrogen-bond acceptors (Lipinski definition) is 4. The molecule has 0 aromatic heterocycles. The van der Waals surface area contributed by atoms with Crippen molar-refractivity contribution in [3.05, 3.63) is 63.6 Å². The van der Waals surface area contributed by atoms with Crippen molar-refractivity contribution in [2.45, 2.75) is 0 Å². The smallest absolute Gasteiger partial charge is 0.335 e. The summed E-state index contributed by atoms with van der Waals surface area (Å²) >= 11 is 11.6. The molecule has 2 amide bonds. The van der Waals surface area contributed by atoms with Crippen molar-refractivity contribution in [2.75, 3.05) is 5.32 Å². The number of nitrogens with one attached hydrogen (secondary N) is 2. The number of carboxylic acid groups (broad SMARTS) is 1. The summed E-state index contributed by atoms with van der Waals surface area (Å²) in [5.41, 5.74) is 3.04. The molecule has 0 saturated carbocycles. The van der Waals surface area contributed by atoms with E-state index in [9.17, 15) is 14.4 Å². The van der Waals surface area contributed by atoms with Gasteiger partial charge in [0.15, 0.2) is 0 Å². The molecule has 0 bridgehead atoms. The van der Waals surface area contributed by atoms with Crippen LogP contribution < -0.4 is 10.7 Å². The highest BCUT2D eigenvalue weighted by molar-refractivity contribution is 6.42. The van der Waals surface area contributed by atoms with Gasteiger partial charge in [-0.1, -0.05) is 35.3 Å². The molecule has 128 valence electrons. The fourth-order valence-electron chi connectivity index (χ4n) is 1.69. The number of carbonyl (C=O) groups excluding carboxylic acids is 2. The van der Waals surface area contributed by atoms with Crippen molar-refractivity contribution in [3.8, 4) is 0 Å². The van der Waals surface area contributed by atoms with Gasteiger partial charge in [0.1, 0.15) is 0 Å². The number of nitrogens with zero attached hydrogens (tertiary/aromatic N) is 1. The number of carboxylic acids is 1. The van der Waals surface area contributed by atoms with Crippen LogP contribution in [-0.2, 0) is 9.59 Å². The predicted octanol–water partition coefficient (Wildman–Crippen LogP) is 2.78. The van der Waals surface area contributed by atoms with Crippen LogP contribution in [0.1, 0.15) is 15.9 Å². The number of hydrogen-bond donors (Lipinski definition) is 3. The maximum atomic E-state index is 11.7. The minimum Gasteiger partial charge on any atom is -0.478 e. The van der Waals surface area contributed by atoms with Crippen molar-refractivity contribution < 1.29 is 19.5 Å². The van der Waals surface area contributed by atoms with E-state index >= 15 is 0 Å². The van der Waals surface area contributed by atoms with Crippen molar-refractivity contribution in [2.24, 2.45) is 5.10 Å². The topological polar surface area (TPSA) is 108 Å². The first-order valence-electron chi connectivity index (χ1n) is 6.79. The Morgan fingerprint density at radius 1 is 0.960 bits per heavy atom. The molecular weight excluding hydrogens is 369 g/mol. The Bertz CT molecular complexity index is 851. The van der Waals surface area contributed by atoms with E-state index in [-0.39, 0.29) is 10.6 Å². The summed E-state index contributed by atoms with van der Waals surface area (Å²) in [6, 6.07) is 10.2. The second-order valence-electron chi connectivity index (χ2n) is 4.71. The van der Waals surface area contributed by atoms with Gasteiger partial charge in [0.25, 0.3) is 0 Å². The van der Waals surface area contributed by atoms with E-state index in [0.29, 0.717) is 16.3 Å². The quantitative estimate of drug-likeness (QED) is 0.431. The maximum Gasteiger partial charge on any atom is 0.335 e. The molecule has 0 saturated heterocycles. The SMILES string of the molecule is O=C(N/N=C/c1ccc(C(=O)O)cc1)C(=O)Nc1ccc(Cl)c(Cl)c1. The minimum atomic E-state index is -1.05. The highest BCUT2D eigenvalue weighted by Crippen LogP contribution is 2.24. The van der Waals surface area contributed by atoms with Crippen molar-refractivity contribution in [1.29, 1.82) is 0 Å². The fraction of sp³-hybridized carbons (Fsp3) is 0. The summed E-state index contributed by atoms with van der Waals surface area (Å²) in [5.74, 6) is -2.96.